The molecule has 0 bridgehead atoms. The zero-order valence-electron chi connectivity index (χ0n) is 10.9. The Balaban J connectivity index is 2.03. The van der Waals surface area contributed by atoms with E-state index in [1.54, 1.807) is 0 Å². The highest BCUT2D eigenvalue weighted by Crippen LogP contribution is 2.27. The Hall–Kier alpha value is -2.12. The van der Waals surface area contributed by atoms with Crippen molar-refractivity contribution >= 4 is 33.9 Å². The molecular formula is C13H17N5OS. The number of benzene rings is 1. The molecule has 6 nitrogen and oxygen atoms in total. The number of para-hydroxylation sites is 1. The average Bonchev–Trinajstić information content (AvgIpc) is 2.81. The zero-order valence-corrected chi connectivity index (χ0v) is 11.7. The number of carbonyl (C=O) groups is 1. The van der Waals surface area contributed by atoms with Crippen molar-refractivity contribution in [2.75, 3.05) is 24.1 Å². The van der Waals surface area contributed by atoms with Crippen LogP contribution in [0.1, 0.15) is 16.1 Å². The van der Waals surface area contributed by atoms with Crippen molar-refractivity contribution in [1.82, 2.24) is 10.3 Å². The monoisotopic (exact) mass is 291 g/mol. The number of thiazole rings is 1. The molecule has 1 aromatic carbocycles. The van der Waals surface area contributed by atoms with Crippen LogP contribution in [-0.4, -0.2) is 24.0 Å². The molecular weight excluding hydrogens is 274 g/mol. The number of rotatable bonds is 6. The van der Waals surface area contributed by atoms with E-state index in [0.717, 1.165) is 12.1 Å². The lowest BCUT2D eigenvalue weighted by atomic mass is 10.3. The van der Waals surface area contributed by atoms with E-state index in [4.69, 9.17) is 11.5 Å². The molecule has 1 amide bonds. The molecule has 0 radical (unpaired) electrons. The Morgan fingerprint density at radius 1 is 1.30 bits per heavy atom. The molecule has 1 aromatic heterocycles. The summed E-state index contributed by atoms with van der Waals surface area (Å²) in [4.78, 5) is 16.5. The third-order valence-electron chi connectivity index (χ3n) is 2.55. The Morgan fingerprint density at radius 2 is 2.05 bits per heavy atom. The number of anilines is 3. The van der Waals surface area contributed by atoms with Crippen LogP contribution in [0.15, 0.2) is 30.3 Å². The SMILES string of the molecule is NCCCNC(=O)c1sc(Nc2ccccc2)nc1N. The Bertz CT molecular complexity index is 569. The summed E-state index contributed by atoms with van der Waals surface area (Å²) in [5.41, 5.74) is 12.1. The quantitative estimate of drug-likeness (QED) is 0.604. The summed E-state index contributed by atoms with van der Waals surface area (Å²) in [6, 6.07) is 9.59. The maximum Gasteiger partial charge on any atom is 0.265 e. The average molecular weight is 291 g/mol. The number of aromatic nitrogens is 1. The lowest BCUT2D eigenvalue weighted by Gasteiger charge is -2.01. The number of nitrogens with one attached hydrogen (secondary N) is 2. The van der Waals surface area contributed by atoms with Crippen LogP contribution in [0.25, 0.3) is 0 Å². The molecule has 2 rings (SSSR count). The van der Waals surface area contributed by atoms with E-state index in [1.165, 1.54) is 11.3 Å². The first-order valence-corrected chi connectivity index (χ1v) is 7.09. The number of nitrogens with two attached hydrogens (primary N) is 2. The highest BCUT2D eigenvalue weighted by Gasteiger charge is 2.15. The van der Waals surface area contributed by atoms with E-state index in [1.807, 2.05) is 30.3 Å². The summed E-state index contributed by atoms with van der Waals surface area (Å²) in [6.07, 6.45) is 0.736. The number of carbonyl (C=O) groups excluding carboxylic acids is 1. The standard InChI is InChI=1S/C13H17N5OS/c14-7-4-8-16-12(19)10-11(15)18-13(20-10)17-9-5-2-1-3-6-9/h1-3,5-6H,4,7-8,14-15H2,(H,16,19)(H,17,18). The minimum absolute atomic E-state index is 0.213. The number of hydrogen-bond donors (Lipinski definition) is 4. The van der Waals surface area contributed by atoms with Crippen LogP contribution >= 0.6 is 11.3 Å². The number of hydrogen-bond acceptors (Lipinski definition) is 6. The van der Waals surface area contributed by atoms with Crippen LogP contribution in [0.5, 0.6) is 0 Å². The van der Waals surface area contributed by atoms with Gasteiger partial charge in [-0.2, -0.15) is 0 Å². The van der Waals surface area contributed by atoms with Crippen LogP contribution in [0.2, 0.25) is 0 Å². The lowest BCUT2D eigenvalue weighted by molar-refractivity contribution is 0.0958. The summed E-state index contributed by atoms with van der Waals surface area (Å²) in [7, 11) is 0. The molecule has 0 unspecified atom stereocenters. The molecule has 0 aliphatic heterocycles. The fourth-order valence-corrected chi connectivity index (χ4v) is 2.40. The smallest absolute Gasteiger partial charge is 0.265 e. The van der Waals surface area contributed by atoms with Crippen LogP contribution in [0, 0.1) is 0 Å². The Labute approximate surface area is 121 Å². The maximum absolute atomic E-state index is 11.9. The number of nitrogen functional groups attached to an aromatic ring is 1. The van der Waals surface area contributed by atoms with Gasteiger partial charge >= 0.3 is 0 Å². The first-order chi connectivity index (χ1) is 9.70. The van der Waals surface area contributed by atoms with Gasteiger partial charge in [0.2, 0.25) is 0 Å². The molecule has 106 valence electrons. The van der Waals surface area contributed by atoms with Gasteiger partial charge in [-0.3, -0.25) is 4.79 Å². The Morgan fingerprint density at radius 3 is 2.75 bits per heavy atom. The predicted molar refractivity (Wildman–Crippen MR) is 82.3 cm³/mol. The number of amides is 1. The van der Waals surface area contributed by atoms with Crippen molar-refractivity contribution in [3.05, 3.63) is 35.2 Å². The maximum atomic E-state index is 11.9. The van der Waals surface area contributed by atoms with Gasteiger partial charge in [0.25, 0.3) is 5.91 Å². The van der Waals surface area contributed by atoms with E-state index < -0.39 is 0 Å². The minimum Gasteiger partial charge on any atom is -0.382 e. The summed E-state index contributed by atoms with van der Waals surface area (Å²) in [5, 5.41) is 6.47. The number of nitrogens with zero attached hydrogens (tertiary/aromatic N) is 1. The third-order valence-corrected chi connectivity index (χ3v) is 3.54. The first kappa shape index (κ1) is 14.3. The topological polar surface area (TPSA) is 106 Å². The van der Waals surface area contributed by atoms with E-state index in [9.17, 15) is 4.79 Å². The molecule has 0 spiro atoms. The zero-order chi connectivity index (χ0) is 14.4. The lowest BCUT2D eigenvalue weighted by Crippen LogP contribution is -2.25. The third kappa shape index (κ3) is 3.69. The van der Waals surface area contributed by atoms with Crippen molar-refractivity contribution in [3.8, 4) is 0 Å². The van der Waals surface area contributed by atoms with E-state index in [-0.39, 0.29) is 11.7 Å². The van der Waals surface area contributed by atoms with Crippen molar-refractivity contribution in [2.24, 2.45) is 5.73 Å². The normalized spacial score (nSPS) is 10.2. The van der Waals surface area contributed by atoms with Gasteiger partial charge in [-0.25, -0.2) is 4.98 Å². The van der Waals surface area contributed by atoms with Gasteiger partial charge in [0.15, 0.2) is 5.13 Å². The predicted octanol–water partition coefficient (Wildman–Crippen LogP) is 1.55. The second-order valence-electron chi connectivity index (χ2n) is 4.12. The molecule has 0 aliphatic carbocycles. The van der Waals surface area contributed by atoms with Crippen LogP contribution in [0.3, 0.4) is 0 Å². The molecule has 7 heteroatoms. The summed E-state index contributed by atoms with van der Waals surface area (Å²) < 4.78 is 0. The van der Waals surface area contributed by atoms with Gasteiger partial charge in [-0.15, -0.1) is 0 Å². The summed E-state index contributed by atoms with van der Waals surface area (Å²) in [6.45, 7) is 1.08. The molecule has 2 aromatic rings. The van der Waals surface area contributed by atoms with Crippen LogP contribution in [-0.2, 0) is 0 Å². The molecule has 6 N–H and O–H groups in total. The molecule has 1 heterocycles. The molecule has 0 fully saturated rings. The molecule has 0 saturated heterocycles. The fraction of sp³-hybridized carbons (Fsp3) is 0.231. The second-order valence-corrected chi connectivity index (χ2v) is 5.12. The van der Waals surface area contributed by atoms with E-state index in [2.05, 4.69) is 15.6 Å². The van der Waals surface area contributed by atoms with Gasteiger partial charge < -0.3 is 22.1 Å². The highest BCUT2D eigenvalue weighted by atomic mass is 32.1. The molecule has 0 aliphatic rings. The van der Waals surface area contributed by atoms with Crippen molar-refractivity contribution in [1.29, 1.82) is 0 Å². The second kappa shape index (κ2) is 6.88. The highest BCUT2D eigenvalue weighted by molar-refractivity contribution is 7.18. The van der Waals surface area contributed by atoms with Crippen molar-refractivity contribution < 1.29 is 4.79 Å². The molecule has 0 saturated carbocycles. The van der Waals surface area contributed by atoms with Gasteiger partial charge in [0.05, 0.1) is 0 Å². The van der Waals surface area contributed by atoms with Gasteiger partial charge in [-0.05, 0) is 25.1 Å². The van der Waals surface area contributed by atoms with Gasteiger partial charge in [-0.1, -0.05) is 29.5 Å². The van der Waals surface area contributed by atoms with Crippen molar-refractivity contribution in [2.45, 2.75) is 6.42 Å². The van der Waals surface area contributed by atoms with Crippen LogP contribution in [0.4, 0.5) is 16.6 Å². The summed E-state index contributed by atoms with van der Waals surface area (Å²) >= 11 is 1.23. The fourth-order valence-electron chi connectivity index (χ4n) is 1.58. The van der Waals surface area contributed by atoms with Crippen molar-refractivity contribution in [3.63, 3.8) is 0 Å². The van der Waals surface area contributed by atoms with Gasteiger partial charge in [0, 0.05) is 12.2 Å². The molecule has 20 heavy (non-hydrogen) atoms. The van der Waals surface area contributed by atoms with E-state index in [0.29, 0.717) is 23.1 Å². The molecule has 0 atom stereocenters. The minimum atomic E-state index is -0.213. The largest absolute Gasteiger partial charge is 0.382 e. The van der Waals surface area contributed by atoms with Gasteiger partial charge in [0.1, 0.15) is 10.7 Å². The first-order valence-electron chi connectivity index (χ1n) is 6.27. The van der Waals surface area contributed by atoms with E-state index >= 15 is 0 Å². The Kier molecular flexibility index (Phi) is 4.91. The summed E-state index contributed by atoms with van der Waals surface area (Å²) in [5.74, 6) is 0.0215. The van der Waals surface area contributed by atoms with Crippen LogP contribution < -0.4 is 22.1 Å².